The summed E-state index contributed by atoms with van der Waals surface area (Å²) in [6.45, 7) is 2.06. The highest BCUT2D eigenvalue weighted by Gasteiger charge is 2.23. The fourth-order valence-electron chi connectivity index (χ4n) is 3.20. The second-order valence-electron chi connectivity index (χ2n) is 6.72. The number of halogens is 1. The average molecular weight is 523 g/mol. The molecule has 1 fully saturated rings. The van der Waals surface area contributed by atoms with Crippen molar-refractivity contribution in [2.24, 2.45) is 16.6 Å². The van der Waals surface area contributed by atoms with E-state index in [4.69, 9.17) is 5.73 Å². The molecule has 1 atom stereocenters. The van der Waals surface area contributed by atoms with Gasteiger partial charge in [0.25, 0.3) is 0 Å². The molecule has 1 amide bonds. The van der Waals surface area contributed by atoms with Crippen molar-refractivity contribution in [3.8, 4) is 0 Å². The van der Waals surface area contributed by atoms with Crippen LogP contribution in [-0.4, -0.2) is 57.6 Å². The number of nitrogens with two attached hydrogens (primary N) is 1. The molecule has 10 heteroatoms. The van der Waals surface area contributed by atoms with Crippen LogP contribution in [0.2, 0.25) is 0 Å². The highest BCUT2D eigenvalue weighted by atomic mass is 127. The van der Waals surface area contributed by atoms with Gasteiger partial charge in [0.15, 0.2) is 5.96 Å². The second-order valence-corrected chi connectivity index (χ2v) is 8.65. The van der Waals surface area contributed by atoms with Crippen LogP contribution in [0.4, 0.5) is 0 Å². The molecule has 1 unspecified atom stereocenters. The zero-order chi connectivity index (χ0) is 19.7. The number of guanidine groups is 1. The van der Waals surface area contributed by atoms with Crippen LogP contribution in [0.3, 0.4) is 0 Å². The number of nitrogens with one attached hydrogen (secondary N) is 2. The Kier molecular flexibility index (Phi) is 10.8. The van der Waals surface area contributed by atoms with Gasteiger partial charge in [0.2, 0.25) is 15.9 Å². The first-order valence-corrected chi connectivity index (χ1v) is 10.8. The number of carbonyl (C=O) groups excluding carboxylic acids is 1. The lowest BCUT2D eigenvalue weighted by molar-refractivity contribution is -0.119. The van der Waals surface area contributed by atoms with Crippen LogP contribution >= 0.6 is 24.0 Å². The van der Waals surface area contributed by atoms with Gasteiger partial charge in [0.05, 0.1) is 5.75 Å². The fourth-order valence-corrected chi connectivity index (χ4v) is 4.10. The van der Waals surface area contributed by atoms with Crippen molar-refractivity contribution in [1.29, 1.82) is 0 Å². The van der Waals surface area contributed by atoms with Gasteiger partial charge in [-0.1, -0.05) is 30.3 Å². The summed E-state index contributed by atoms with van der Waals surface area (Å²) >= 11 is 0. The van der Waals surface area contributed by atoms with E-state index in [9.17, 15) is 13.2 Å². The lowest BCUT2D eigenvalue weighted by Gasteiger charge is -2.34. The van der Waals surface area contributed by atoms with Crippen LogP contribution in [0.1, 0.15) is 24.8 Å². The minimum absolute atomic E-state index is 0. The van der Waals surface area contributed by atoms with E-state index in [0.29, 0.717) is 18.9 Å². The topological polar surface area (TPSA) is 117 Å². The molecule has 0 aromatic heterocycles. The molecule has 1 saturated heterocycles. The molecule has 0 bridgehead atoms. The van der Waals surface area contributed by atoms with Gasteiger partial charge in [-0.25, -0.2) is 13.1 Å². The molecule has 1 aliphatic rings. The van der Waals surface area contributed by atoms with Crippen molar-refractivity contribution in [2.75, 3.05) is 32.4 Å². The Hall–Kier alpha value is -1.40. The van der Waals surface area contributed by atoms with Gasteiger partial charge in [-0.3, -0.25) is 9.79 Å². The summed E-state index contributed by atoms with van der Waals surface area (Å²) in [5, 5.41) is 3.11. The predicted octanol–water partition coefficient (Wildman–Crippen LogP) is 0.887. The maximum absolute atomic E-state index is 12.2. The van der Waals surface area contributed by atoms with Crippen molar-refractivity contribution in [3.63, 3.8) is 0 Å². The first-order valence-electron chi connectivity index (χ1n) is 9.15. The number of carbonyl (C=O) groups is 1. The normalized spacial score (nSPS) is 17.7. The third-order valence-corrected chi connectivity index (χ3v) is 5.84. The number of likely N-dealkylation sites (tertiary alicyclic amines) is 1. The summed E-state index contributed by atoms with van der Waals surface area (Å²) in [5.41, 5.74) is 6.21. The first-order chi connectivity index (χ1) is 12.9. The molecule has 8 nitrogen and oxygen atoms in total. The van der Waals surface area contributed by atoms with Crippen LogP contribution in [0.25, 0.3) is 0 Å². The van der Waals surface area contributed by atoms with Gasteiger partial charge in [-0.15, -0.1) is 24.0 Å². The zero-order valence-electron chi connectivity index (χ0n) is 16.1. The number of benzene rings is 1. The van der Waals surface area contributed by atoms with E-state index < -0.39 is 10.0 Å². The Morgan fingerprint density at radius 1 is 1.32 bits per heavy atom. The van der Waals surface area contributed by atoms with Crippen LogP contribution in [0, 0.1) is 5.92 Å². The van der Waals surface area contributed by atoms with Crippen molar-refractivity contribution < 1.29 is 13.2 Å². The number of rotatable bonds is 8. The van der Waals surface area contributed by atoms with Gasteiger partial charge < -0.3 is 16.0 Å². The van der Waals surface area contributed by atoms with E-state index in [1.165, 1.54) is 0 Å². The maximum Gasteiger partial charge on any atom is 0.217 e. The smallest absolute Gasteiger partial charge is 0.217 e. The van der Waals surface area contributed by atoms with E-state index in [0.717, 1.165) is 24.9 Å². The number of nitrogens with zero attached hydrogens (tertiary/aromatic N) is 2. The summed E-state index contributed by atoms with van der Waals surface area (Å²) < 4.78 is 26.9. The Bertz CT molecular complexity index is 743. The monoisotopic (exact) mass is 523 g/mol. The highest BCUT2D eigenvalue weighted by Crippen LogP contribution is 2.19. The van der Waals surface area contributed by atoms with E-state index in [1.54, 1.807) is 7.05 Å². The lowest BCUT2D eigenvalue weighted by atomic mass is 9.95. The van der Waals surface area contributed by atoms with Crippen LogP contribution in [0.5, 0.6) is 0 Å². The molecule has 1 aliphatic heterocycles. The van der Waals surface area contributed by atoms with Crippen molar-refractivity contribution in [1.82, 2.24) is 14.9 Å². The van der Waals surface area contributed by atoms with Crippen LogP contribution in [-0.2, 0) is 21.4 Å². The van der Waals surface area contributed by atoms with E-state index in [2.05, 4.69) is 19.9 Å². The highest BCUT2D eigenvalue weighted by molar-refractivity contribution is 14.0. The second kappa shape index (κ2) is 12.2. The fraction of sp³-hybridized carbons (Fsp3) is 0.556. The largest absolute Gasteiger partial charge is 0.370 e. The minimum Gasteiger partial charge on any atom is -0.370 e. The molecular weight excluding hydrogens is 493 g/mol. The Balaban J connectivity index is 0.00000392. The molecule has 28 heavy (non-hydrogen) atoms. The average Bonchev–Trinajstić information content (AvgIpc) is 2.64. The van der Waals surface area contributed by atoms with Crippen molar-refractivity contribution in [2.45, 2.75) is 25.8 Å². The van der Waals surface area contributed by atoms with Gasteiger partial charge >= 0.3 is 0 Å². The molecule has 0 saturated carbocycles. The zero-order valence-corrected chi connectivity index (χ0v) is 19.3. The summed E-state index contributed by atoms with van der Waals surface area (Å²) in [4.78, 5) is 17.4. The van der Waals surface area contributed by atoms with Gasteiger partial charge in [-0.05, 0) is 24.3 Å². The van der Waals surface area contributed by atoms with Gasteiger partial charge in [-0.2, -0.15) is 0 Å². The van der Waals surface area contributed by atoms with Crippen LogP contribution < -0.4 is 15.8 Å². The molecule has 1 heterocycles. The van der Waals surface area contributed by atoms with Crippen molar-refractivity contribution in [3.05, 3.63) is 35.9 Å². The number of sulfonamides is 1. The molecule has 158 valence electrons. The minimum atomic E-state index is -3.39. The number of hydrogen-bond acceptors (Lipinski definition) is 4. The maximum atomic E-state index is 12.2. The SMILES string of the molecule is CN=C(NCCS(=O)(=O)NCc1ccccc1)N1CCCC(CC(N)=O)C1.I. The van der Waals surface area contributed by atoms with E-state index in [-0.39, 0.29) is 54.6 Å². The molecule has 0 aliphatic carbocycles. The molecule has 1 aromatic rings. The third kappa shape index (κ3) is 8.74. The van der Waals surface area contributed by atoms with Crippen molar-refractivity contribution >= 4 is 45.9 Å². The summed E-state index contributed by atoms with van der Waals surface area (Å²) in [6.07, 6.45) is 2.29. The molecule has 4 N–H and O–H groups in total. The standard InChI is InChI=1S/C18H29N5O3S.HI/c1-20-18(23-10-5-8-16(14-23)12-17(19)24)21-9-11-27(25,26)22-13-15-6-3-2-4-7-15;/h2-4,6-7,16,22H,5,8-14H2,1H3,(H2,19,24)(H,20,21);1H. The molecule has 1 aromatic carbocycles. The third-order valence-electron chi connectivity index (χ3n) is 4.51. The predicted molar refractivity (Wildman–Crippen MR) is 122 cm³/mol. The number of hydrogen-bond donors (Lipinski definition) is 3. The number of piperidine rings is 1. The molecule has 2 rings (SSSR count). The number of aliphatic imine (C=N–C) groups is 1. The summed E-state index contributed by atoms with van der Waals surface area (Å²) in [7, 11) is -1.72. The van der Waals surface area contributed by atoms with Gasteiger partial charge in [0, 0.05) is 39.6 Å². The molecular formula is C18H30IN5O3S. The summed E-state index contributed by atoms with van der Waals surface area (Å²) in [5.74, 6) is 0.533. The first kappa shape index (κ1) is 24.6. The summed E-state index contributed by atoms with van der Waals surface area (Å²) in [6, 6.07) is 9.39. The van der Waals surface area contributed by atoms with E-state index >= 15 is 0 Å². The lowest BCUT2D eigenvalue weighted by Crippen LogP contribution is -2.48. The number of primary amides is 1. The van der Waals surface area contributed by atoms with Crippen LogP contribution in [0.15, 0.2) is 35.3 Å². The quantitative estimate of drug-likeness (QED) is 0.266. The Morgan fingerprint density at radius 2 is 2.04 bits per heavy atom. The number of amides is 1. The Labute approximate surface area is 184 Å². The molecule has 0 spiro atoms. The Morgan fingerprint density at radius 3 is 2.68 bits per heavy atom. The molecule has 0 radical (unpaired) electrons. The van der Waals surface area contributed by atoms with E-state index in [1.807, 2.05) is 30.3 Å². The van der Waals surface area contributed by atoms with Gasteiger partial charge in [0.1, 0.15) is 0 Å².